The van der Waals surface area contributed by atoms with Crippen molar-refractivity contribution in [3.05, 3.63) is 118 Å². The van der Waals surface area contributed by atoms with Gasteiger partial charge < -0.3 is 25.8 Å². The summed E-state index contributed by atoms with van der Waals surface area (Å²) in [7, 11) is 3.14. The Labute approximate surface area is 219 Å². The van der Waals surface area contributed by atoms with Crippen LogP contribution in [0, 0.1) is 10.1 Å². The minimum absolute atomic E-state index is 0.00328. The average molecular weight is 515 g/mol. The van der Waals surface area contributed by atoms with E-state index < -0.39 is 4.92 Å². The Hall–Kier alpha value is -5.38. The number of nitrogens with one attached hydrogen (secondary N) is 2. The normalized spacial score (nSPS) is 9.84. The van der Waals surface area contributed by atoms with Gasteiger partial charge in [-0.15, -0.1) is 0 Å². The fourth-order valence-corrected chi connectivity index (χ4v) is 3.13. The van der Waals surface area contributed by atoms with Crippen LogP contribution in [0.25, 0.3) is 0 Å². The van der Waals surface area contributed by atoms with Gasteiger partial charge in [-0.3, -0.25) is 19.7 Å². The Bertz CT molecular complexity index is 1410. The number of nitro groups is 1. The molecule has 4 rings (SSSR count). The van der Waals surface area contributed by atoms with Crippen molar-refractivity contribution < 1.29 is 24.0 Å². The van der Waals surface area contributed by atoms with E-state index in [9.17, 15) is 19.7 Å². The number of carbonyl (C=O) groups is 2. The van der Waals surface area contributed by atoms with Gasteiger partial charge in [-0.05, 0) is 72.8 Å². The number of non-ortho nitro benzene ring substituents is 1. The second kappa shape index (κ2) is 13.1. The summed E-state index contributed by atoms with van der Waals surface area (Å²) in [4.78, 5) is 33.0. The van der Waals surface area contributed by atoms with Crippen LogP contribution in [0.1, 0.15) is 20.7 Å². The highest BCUT2D eigenvalue weighted by molar-refractivity contribution is 5.94. The van der Waals surface area contributed by atoms with E-state index >= 15 is 0 Å². The highest BCUT2D eigenvalue weighted by atomic mass is 16.6. The van der Waals surface area contributed by atoms with Gasteiger partial charge in [-0.2, -0.15) is 0 Å². The second-order valence-corrected chi connectivity index (χ2v) is 7.74. The molecule has 4 N–H and O–H groups in total. The molecule has 10 nitrogen and oxygen atoms in total. The van der Waals surface area contributed by atoms with Crippen molar-refractivity contribution in [2.75, 3.05) is 19.8 Å². The summed E-state index contributed by atoms with van der Waals surface area (Å²) < 4.78 is 11.2. The topological polar surface area (TPSA) is 146 Å². The molecule has 38 heavy (non-hydrogen) atoms. The molecule has 0 saturated heterocycles. The van der Waals surface area contributed by atoms with Gasteiger partial charge in [0.15, 0.2) is 0 Å². The van der Waals surface area contributed by atoms with Crippen LogP contribution >= 0.6 is 0 Å². The van der Waals surface area contributed by atoms with E-state index in [4.69, 9.17) is 15.2 Å². The van der Waals surface area contributed by atoms with Gasteiger partial charge in [0.05, 0.1) is 4.92 Å². The van der Waals surface area contributed by atoms with E-state index in [1.54, 1.807) is 86.9 Å². The van der Waals surface area contributed by atoms with Crippen molar-refractivity contribution in [1.82, 2.24) is 10.6 Å². The molecule has 0 atom stereocenters. The molecule has 4 aromatic carbocycles. The molecule has 0 spiro atoms. The van der Waals surface area contributed by atoms with Crippen LogP contribution in [0.3, 0.4) is 0 Å². The van der Waals surface area contributed by atoms with Crippen LogP contribution in [0.2, 0.25) is 0 Å². The number of nitrogen functional groups attached to an aromatic ring is 1. The summed E-state index contributed by atoms with van der Waals surface area (Å²) >= 11 is 0. The number of ether oxygens (including phenoxy) is 2. The van der Waals surface area contributed by atoms with E-state index in [-0.39, 0.29) is 17.5 Å². The standard InChI is InChI=1S/C14H12N2O4.C14H14N2O2/c1-15-14(17)10-3-2-4-13(9-10)20-12-7-5-11(6-8-12)16(18)19;1-16-14(17)10-3-2-4-13(9-10)18-12-7-5-11(15)6-8-12/h2-9H,1H3,(H,15,17);2-9H,15H2,1H3,(H,16,17). The number of nitro benzene ring substituents is 1. The van der Waals surface area contributed by atoms with E-state index in [0.717, 1.165) is 0 Å². The Morgan fingerprint density at radius 2 is 1.11 bits per heavy atom. The lowest BCUT2D eigenvalue weighted by atomic mass is 10.2. The summed E-state index contributed by atoms with van der Waals surface area (Å²) in [5, 5.41) is 15.6. The minimum atomic E-state index is -0.476. The van der Waals surface area contributed by atoms with Crippen LogP contribution in [0.4, 0.5) is 11.4 Å². The van der Waals surface area contributed by atoms with Crippen LogP contribution in [0.5, 0.6) is 23.0 Å². The number of hydrogen-bond donors (Lipinski definition) is 3. The zero-order valence-electron chi connectivity index (χ0n) is 20.7. The highest BCUT2D eigenvalue weighted by Gasteiger charge is 2.08. The van der Waals surface area contributed by atoms with Crippen molar-refractivity contribution in [3.63, 3.8) is 0 Å². The van der Waals surface area contributed by atoms with Gasteiger partial charge in [-0.1, -0.05) is 12.1 Å². The summed E-state index contributed by atoms with van der Waals surface area (Å²) in [6.07, 6.45) is 0. The molecule has 0 aliphatic heterocycles. The Morgan fingerprint density at radius 3 is 1.50 bits per heavy atom. The summed E-state index contributed by atoms with van der Waals surface area (Å²) in [6, 6.07) is 26.5. The molecule has 0 saturated carbocycles. The molecular formula is C28H26N4O6. The lowest BCUT2D eigenvalue weighted by molar-refractivity contribution is -0.384. The monoisotopic (exact) mass is 514 g/mol. The molecule has 0 aliphatic carbocycles. The molecule has 194 valence electrons. The number of benzene rings is 4. The van der Waals surface area contributed by atoms with Crippen molar-refractivity contribution in [3.8, 4) is 23.0 Å². The number of rotatable bonds is 7. The quantitative estimate of drug-likeness (QED) is 0.175. The van der Waals surface area contributed by atoms with Crippen molar-refractivity contribution in [2.45, 2.75) is 0 Å². The van der Waals surface area contributed by atoms with Crippen LogP contribution < -0.4 is 25.8 Å². The van der Waals surface area contributed by atoms with E-state index in [0.29, 0.717) is 39.8 Å². The molecule has 4 aromatic rings. The van der Waals surface area contributed by atoms with Gasteiger partial charge in [0.25, 0.3) is 17.5 Å². The Balaban J connectivity index is 0.000000212. The minimum Gasteiger partial charge on any atom is -0.457 e. The SMILES string of the molecule is CNC(=O)c1cccc(Oc2ccc(N)cc2)c1.CNC(=O)c1cccc(Oc2ccc([N+](=O)[O-])cc2)c1. The number of amides is 2. The predicted molar refractivity (Wildman–Crippen MR) is 144 cm³/mol. The van der Waals surface area contributed by atoms with Gasteiger partial charge in [0.2, 0.25) is 0 Å². The van der Waals surface area contributed by atoms with Gasteiger partial charge in [0.1, 0.15) is 23.0 Å². The van der Waals surface area contributed by atoms with Gasteiger partial charge >= 0.3 is 0 Å². The van der Waals surface area contributed by atoms with Crippen LogP contribution in [-0.4, -0.2) is 30.8 Å². The number of carbonyl (C=O) groups excluding carboxylic acids is 2. The lowest BCUT2D eigenvalue weighted by Crippen LogP contribution is -2.17. The Kier molecular flexibility index (Phi) is 9.36. The molecule has 0 aromatic heterocycles. The first-order chi connectivity index (χ1) is 18.3. The Morgan fingerprint density at radius 1 is 0.684 bits per heavy atom. The summed E-state index contributed by atoms with van der Waals surface area (Å²) in [5.74, 6) is 1.89. The maximum absolute atomic E-state index is 11.5. The molecule has 0 fully saturated rings. The molecule has 0 aliphatic rings. The van der Waals surface area contributed by atoms with E-state index in [2.05, 4.69) is 10.6 Å². The highest BCUT2D eigenvalue weighted by Crippen LogP contribution is 2.25. The second-order valence-electron chi connectivity index (χ2n) is 7.74. The van der Waals surface area contributed by atoms with Crippen LogP contribution in [-0.2, 0) is 0 Å². The van der Waals surface area contributed by atoms with Gasteiger partial charge in [0, 0.05) is 43.0 Å². The van der Waals surface area contributed by atoms with E-state index in [1.807, 2.05) is 0 Å². The maximum atomic E-state index is 11.5. The largest absolute Gasteiger partial charge is 0.457 e. The van der Waals surface area contributed by atoms with Crippen LogP contribution in [0.15, 0.2) is 97.1 Å². The first-order valence-electron chi connectivity index (χ1n) is 11.4. The number of anilines is 1. The molecule has 10 heteroatoms. The zero-order chi connectivity index (χ0) is 27.5. The molecular weight excluding hydrogens is 488 g/mol. The fraction of sp³-hybridized carbons (Fsp3) is 0.0714. The molecule has 0 heterocycles. The first kappa shape index (κ1) is 27.2. The number of hydrogen-bond acceptors (Lipinski definition) is 7. The maximum Gasteiger partial charge on any atom is 0.269 e. The smallest absolute Gasteiger partial charge is 0.269 e. The molecule has 0 unspecified atom stereocenters. The van der Waals surface area contributed by atoms with Crippen molar-refractivity contribution >= 4 is 23.2 Å². The van der Waals surface area contributed by atoms with Crippen molar-refractivity contribution in [2.24, 2.45) is 0 Å². The van der Waals surface area contributed by atoms with Crippen molar-refractivity contribution in [1.29, 1.82) is 0 Å². The fourth-order valence-electron chi connectivity index (χ4n) is 3.13. The summed E-state index contributed by atoms with van der Waals surface area (Å²) in [6.45, 7) is 0. The van der Waals surface area contributed by atoms with E-state index in [1.165, 1.54) is 24.3 Å². The average Bonchev–Trinajstić information content (AvgIpc) is 2.94. The number of nitrogens with zero attached hydrogens (tertiary/aromatic N) is 1. The van der Waals surface area contributed by atoms with Gasteiger partial charge in [-0.25, -0.2) is 0 Å². The third-order valence-electron chi connectivity index (χ3n) is 5.05. The summed E-state index contributed by atoms with van der Waals surface area (Å²) in [5.41, 5.74) is 7.31. The molecule has 2 amide bonds. The third kappa shape index (κ3) is 7.82. The predicted octanol–water partition coefficient (Wildman–Crippen LogP) is 5.17. The first-order valence-corrected chi connectivity index (χ1v) is 11.4. The zero-order valence-corrected chi connectivity index (χ0v) is 20.7. The lowest BCUT2D eigenvalue weighted by Gasteiger charge is -2.07. The molecule has 0 radical (unpaired) electrons. The third-order valence-corrected chi connectivity index (χ3v) is 5.05. The number of nitrogens with two attached hydrogens (primary N) is 1. The molecule has 0 bridgehead atoms.